The number of hydrogen-bond acceptors (Lipinski definition) is 5. The molecule has 204 valence electrons. The Labute approximate surface area is 243 Å². The fourth-order valence-electron chi connectivity index (χ4n) is 4.73. The van der Waals surface area contributed by atoms with E-state index in [0.717, 1.165) is 57.3 Å². The van der Waals surface area contributed by atoms with E-state index < -0.39 is 5.54 Å². The van der Waals surface area contributed by atoms with Crippen LogP contribution in [0.4, 0.5) is 5.69 Å². The average Bonchev–Trinajstić information content (AvgIpc) is 2.99. The molecule has 0 aliphatic carbocycles. The Balaban J connectivity index is 1.75. The Morgan fingerprint density at radius 2 is 1.52 bits per heavy atom. The highest BCUT2D eigenvalue weighted by Gasteiger charge is 2.36. The highest BCUT2D eigenvalue weighted by molar-refractivity contribution is 8.12. The topological polar surface area (TPSA) is 42.8 Å². The maximum Gasteiger partial charge on any atom is 0.148 e. The van der Waals surface area contributed by atoms with E-state index >= 15 is 0 Å². The van der Waals surface area contributed by atoms with Gasteiger partial charge in [-0.1, -0.05) is 86.0 Å². The normalized spacial score (nSPS) is 12.8. The third-order valence-corrected chi connectivity index (χ3v) is 7.57. The first kappa shape index (κ1) is 29.0. The van der Waals surface area contributed by atoms with Crippen molar-refractivity contribution in [2.45, 2.75) is 39.2 Å². The van der Waals surface area contributed by atoms with Crippen LogP contribution in [0.5, 0.6) is 11.5 Å². The number of benzene rings is 4. The minimum absolute atomic E-state index is 0.243. The first-order valence-corrected chi connectivity index (χ1v) is 14.3. The molecular weight excluding hydrogens is 512 g/mol. The quantitative estimate of drug-likeness (QED) is 0.0674. The van der Waals surface area contributed by atoms with Crippen LogP contribution < -0.4 is 14.2 Å². The second-order valence-corrected chi connectivity index (χ2v) is 10.6. The summed E-state index contributed by atoms with van der Waals surface area (Å²) in [7, 11) is 1.69. The zero-order valence-corrected chi connectivity index (χ0v) is 24.4. The molecule has 0 fully saturated rings. The van der Waals surface area contributed by atoms with Gasteiger partial charge in [0.25, 0.3) is 0 Å². The van der Waals surface area contributed by atoms with Crippen molar-refractivity contribution >= 4 is 22.7 Å². The Bertz CT molecular complexity index is 1460. The van der Waals surface area contributed by atoms with Crippen LogP contribution in [0.2, 0.25) is 0 Å². The van der Waals surface area contributed by atoms with E-state index in [2.05, 4.69) is 78.2 Å². The molecule has 1 unspecified atom stereocenters. The molecule has 1 N–H and O–H groups in total. The largest absolute Gasteiger partial charge is 0.497 e. The van der Waals surface area contributed by atoms with Gasteiger partial charge in [-0.3, -0.25) is 0 Å². The van der Waals surface area contributed by atoms with Crippen LogP contribution >= 0.6 is 11.9 Å². The van der Waals surface area contributed by atoms with Gasteiger partial charge in [-0.05, 0) is 90.4 Å². The van der Waals surface area contributed by atoms with Gasteiger partial charge in [0.05, 0.1) is 17.8 Å². The molecule has 0 amide bonds. The van der Waals surface area contributed by atoms with Crippen molar-refractivity contribution in [3.05, 3.63) is 125 Å². The zero-order valence-electron chi connectivity index (χ0n) is 23.6. The molecule has 0 bridgehead atoms. The molecule has 4 rings (SSSR count). The van der Waals surface area contributed by atoms with E-state index in [1.54, 1.807) is 7.11 Å². The SMILES string of the molecule is C#CCOc1ccc(N=C(C)SNC(c2ccccc2)(c2ccc(CCC)cc2)c2ccc(OC)cc2)c(C)c1. The van der Waals surface area contributed by atoms with Gasteiger partial charge in [-0.2, -0.15) is 0 Å². The van der Waals surface area contributed by atoms with E-state index in [-0.39, 0.29) is 6.61 Å². The minimum Gasteiger partial charge on any atom is -0.497 e. The summed E-state index contributed by atoms with van der Waals surface area (Å²) in [4.78, 5) is 4.93. The maximum atomic E-state index is 5.56. The number of ether oxygens (including phenoxy) is 2. The second-order valence-electron chi connectivity index (χ2n) is 9.57. The Hall–Kier alpha value is -3.98. The van der Waals surface area contributed by atoms with Crippen LogP contribution in [0.1, 0.15) is 48.1 Å². The van der Waals surface area contributed by atoms with Gasteiger partial charge in [0.1, 0.15) is 23.6 Å². The van der Waals surface area contributed by atoms with Gasteiger partial charge in [-0.15, -0.1) is 6.42 Å². The molecule has 0 heterocycles. The van der Waals surface area contributed by atoms with Crippen molar-refractivity contribution < 1.29 is 9.47 Å². The first-order valence-electron chi connectivity index (χ1n) is 13.5. The summed E-state index contributed by atoms with van der Waals surface area (Å²) in [5.74, 6) is 4.06. The van der Waals surface area contributed by atoms with E-state index in [9.17, 15) is 0 Å². The van der Waals surface area contributed by atoms with Gasteiger partial charge < -0.3 is 9.47 Å². The van der Waals surface area contributed by atoms with E-state index in [0.29, 0.717) is 0 Å². The lowest BCUT2D eigenvalue weighted by atomic mass is 9.77. The predicted molar refractivity (Wildman–Crippen MR) is 169 cm³/mol. The lowest BCUT2D eigenvalue weighted by molar-refractivity contribution is 0.370. The number of nitrogens with one attached hydrogen (secondary N) is 1. The molecule has 0 aliphatic heterocycles. The van der Waals surface area contributed by atoms with E-state index in [4.69, 9.17) is 20.9 Å². The lowest BCUT2D eigenvalue weighted by Gasteiger charge is -2.36. The summed E-state index contributed by atoms with van der Waals surface area (Å²) in [5.41, 5.74) is 5.99. The second kappa shape index (κ2) is 13.9. The molecule has 0 radical (unpaired) electrons. The molecule has 4 aromatic carbocycles. The van der Waals surface area contributed by atoms with Crippen LogP contribution in [0.3, 0.4) is 0 Å². The van der Waals surface area contributed by atoms with Gasteiger partial charge in [0.2, 0.25) is 0 Å². The van der Waals surface area contributed by atoms with Crippen LogP contribution in [0.15, 0.2) is 102 Å². The Morgan fingerprint density at radius 1 is 0.900 bits per heavy atom. The van der Waals surface area contributed by atoms with Crippen molar-refractivity contribution in [2.24, 2.45) is 4.99 Å². The molecule has 4 aromatic rings. The van der Waals surface area contributed by atoms with Gasteiger partial charge in [-0.25, -0.2) is 9.71 Å². The van der Waals surface area contributed by atoms with Crippen LogP contribution in [-0.2, 0) is 12.0 Å². The highest BCUT2D eigenvalue weighted by atomic mass is 32.2. The summed E-state index contributed by atoms with van der Waals surface area (Å²) >= 11 is 1.52. The van der Waals surface area contributed by atoms with E-state index in [1.807, 2.05) is 50.2 Å². The lowest BCUT2D eigenvalue weighted by Crippen LogP contribution is -2.41. The van der Waals surface area contributed by atoms with Crippen molar-refractivity contribution in [2.75, 3.05) is 13.7 Å². The fraction of sp³-hybridized carbons (Fsp3) is 0.229. The number of methoxy groups -OCH3 is 1. The molecule has 0 saturated carbocycles. The fourth-order valence-corrected chi connectivity index (χ4v) is 5.53. The summed E-state index contributed by atoms with van der Waals surface area (Å²) < 4.78 is 14.9. The third kappa shape index (κ3) is 6.77. The van der Waals surface area contributed by atoms with Crippen molar-refractivity contribution in [3.63, 3.8) is 0 Å². The number of terminal acetylenes is 1. The maximum absolute atomic E-state index is 5.56. The number of rotatable bonds is 11. The standard InChI is InChI=1S/C35H36N2O2S/c1-6-11-28-14-16-30(17-15-28)35(29-12-9-8-10-13-29,31-18-20-32(38-5)21-19-31)37-40-27(4)36-34-23-22-33(25-26(34)3)39-24-7-2/h2,8-10,12-23,25,37H,6,11,24H2,1,3-5H3. The minimum atomic E-state index is -0.637. The molecule has 4 nitrogen and oxygen atoms in total. The van der Waals surface area contributed by atoms with Crippen LogP contribution in [-0.4, -0.2) is 18.8 Å². The third-order valence-electron chi connectivity index (χ3n) is 6.78. The summed E-state index contributed by atoms with van der Waals surface area (Å²) in [5, 5.41) is 0.886. The molecule has 40 heavy (non-hydrogen) atoms. The molecule has 0 aromatic heterocycles. The Kier molecular flexibility index (Phi) is 10.1. The Morgan fingerprint density at radius 3 is 2.12 bits per heavy atom. The summed E-state index contributed by atoms with van der Waals surface area (Å²) in [6, 6.07) is 33.6. The summed E-state index contributed by atoms with van der Waals surface area (Å²) in [6.07, 6.45) is 7.50. The number of nitrogens with zero attached hydrogens (tertiary/aromatic N) is 1. The van der Waals surface area contributed by atoms with Crippen molar-refractivity contribution in [1.29, 1.82) is 0 Å². The molecule has 0 spiro atoms. The number of aryl methyl sites for hydroxylation is 2. The highest BCUT2D eigenvalue weighted by Crippen LogP contribution is 2.39. The average molecular weight is 549 g/mol. The zero-order chi connectivity index (χ0) is 28.4. The van der Waals surface area contributed by atoms with Crippen molar-refractivity contribution in [3.8, 4) is 23.8 Å². The molecule has 0 aliphatic rings. The smallest absolute Gasteiger partial charge is 0.148 e. The van der Waals surface area contributed by atoms with Crippen molar-refractivity contribution in [1.82, 2.24) is 4.72 Å². The van der Waals surface area contributed by atoms with Crippen LogP contribution in [0, 0.1) is 19.3 Å². The molecule has 0 saturated heterocycles. The van der Waals surface area contributed by atoms with E-state index in [1.165, 1.54) is 17.5 Å². The number of hydrogen-bond donors (Lipinski definition) is 1. The molecule has 5 heteroatoms. The summed E-state index contributed by atoms with van der Waals surface area (Å²) in [6.45, 7) is 6.50. The first-order chi connectivity index (χ1) is 19.5. The predicted octanol–water partition coefficient (Wildman–Crippen LogP) is 8.25. The van der Waals surface area contributed by atoms with Gasteiger partial charge >= 0.3 is 0 Å². The van der Waals surface area contributed by atoms with Crippen LogP contribution in [0.25, 0.3) is 0 Å². The molecular formula is C35H36N2O2S. The van der Waals surface area contributed by atoms with Gasteiger partial charge in [0, 0.05) is 0 Å². The number of aliphatic imine (C=N–C) groups is 1. The monoisotopic (exact) mass is 548 g/mol. The van der Waals surface area contributed by atoms with Gasteiger partial charge in [0.15, 0.2) is 0 Å². The molecule has 1 atom stereocenters.